The number of carbonyl (C=O) groups excluding carboxylic acids is 1. The molecule has 0 bridgehead atoms. The number of hydrogen-bond acceptors (Lipinski definition) is 3. The van der Waals surface area contributed by atoms with Crippen LogP contribution in [0.5, 0.6) is 0 Å². The highest BCUT2D eigenvalue weighted by molar-refractivity contribution is 6.30. The van der Waals surface area contributed by atoms with Crippen LogP contribution in [0.3, 0.4) is 0 Å². The van der Waals surface area contributed by atoms with E-state index in [2.05, 4.69) is 10.5 Å². The second kappa shape index (κ2) is 8.83. The van der Waals surface area contributed by atoms with Crippen molar-refractivity contribution in [2.75, 3.05) is 0 Å². The van der Waals surface area contributed by atoms with Crippen molar-refractivity contribution in [1.82, 2.24) is 5.43 Å². The van der Waals surface area contributed by atoms with Crippen LogP contribution in [0.2, 0.25) is 5.02 Å². The molecule has 0 radical (unpaired) electrons. The topological polar surface area (TPSA) is 61.7 Å². The van der Waals surface area contributed by atoms with E-state index in [4.69, 9.17) is 11.6 Å². The smallest absolute Gasteiger partial charge is 0.281 e. The predicted molar refractivity (Wildman–Crippen MR) is 112 cm³/mol. The monoisotopic (exact) mass is 392 g/mol. The molecule has 4 nitrogen and oxygen atoms in total. The Morgan fingerprint density at radius 1 is 0.929 bits per heavy atom. The number of amides is 1. The van der Waals surface area contributed by atoms with Crippen LogP contribution in [0.4, 0.5) is 0 Å². The van der Waals surface area contributed by atoms with E-state index in [9.17, 15) is 9.90 Å². The molecule has 3 aromatic rings. The molecule has 0 fully saturated rings. The summed E-state index contributed by atoms with van der Waals surface area (Å²) in [6, 6.07) is 24.9. The van der Waals surface area contributed by atoms with Gasteiger partial charge in [-0.2, -0.15) is 5.10 Å². The van der Waals surface area contributed by atoms with Gasteiger partial charge < -0.3 is 5.11 Å². The lowest BCUT2D eigenvalue weighted by Crippen LogP contribution is -2.44. The lowest BCUT2D eigenvalue weighted by molar-refractivity contribution is -0.136. The summed E-state index contributed by atoms with van der Waals surface area (Å²) in [5.41, 5.74) is 3.18. The van der Waals surface area contributed by atoms with Crippen molar-refractivity contribution in [2.24, 2.45) is 5.10 Å². The lowest BCUT2D eigenvalue weighted by Gasteiger charge is -2.27. The SMILES string of the molecule is CCC(=NNC(=O)C(O)(c1ccccc1)c1ccccc1)c1ccc(Cl)cc1. The Labute approximate surface area is 169 Å². The number of hydrazone groups is 1. The van der Waals surface area contributed by atoms with E-state index in [-0.39, 0.29) is 0 Å². The molecule has 0 atom stereocenters. The normalized spacial score (nSPS) is 11.9. The standard InChI is InChI=1S/C23H21ClN2O2/c1-2-21(17-13-15-20(24)16-14-17)25-26-22(27)23(28,18-9-5-3-6-10-18)19-11-7-4-8-12-19/h3-16,28H,2H2,1H3,(H,26,27). The Balaban J connectivity index is 1.95. The molecule has 0 heterocycles. The number of benzene rings is 3. The fourth-order valence-corrected chi connectivity index (χ4v) is 3.10. The minimum Gasteiger partial charge on any atom is -0.372 e. The maximum Gasteiger partial charge on any atom is 0.281 e. The summed E-state index contributed by atoms with van der Waals surface area (Å²) < 4.78 is 0. The van der Waals surface area contributed by atoms with Crippen LogP contribution < -0.4 is 5.43 Å². The van der Waals surface area contributed by atoms with Gasteiger partial charge in [-0.05, 0) is 35.2 Å². The molecule has 0 spiro atoms. The molecule has 142 valence electrons. The van der Waals surface area contributed by atoms with Gasteiger partial charge in [-0.3, -0.25) is 4.79 Å². The average Bonchev–Trinajstić information content (AvgIpc) is 2.75. The number of hydrogen-bond donors (Lipinski definition) is 2. The van der Waals surface area contributed by atoms with Crippen LogP contribution >= 0.6 is 11.6 Å². The molecular formula is C23H21ClN2O2. The van der Waals surface area contributed by atoms with E-state index in [0.717, 1.165) is 5.56 Å². The number of nitrogens with one attached hydrogen (secondary N) is 1. The number of nitrogens with zero attached hydrogens (tertiary/aromatic N) is 1. The molecule has 3 aromatic carbocycles. The van der Waals surface area contributed by atoms with E-state index in [0.29, 0.717) is 28.3 Å². The Bertz CT molecular complexity index is 915. The number of aliphatic hydroxyl groups is 1. The van der Waals surface area contributed by atoms with Gasteiger partial charge in [-0.1, -0.05) is 91.3 Å². The quantitative estimate of drug-likeness (QED) is 0.479. The fourth-order valence-electron chi connectivity index (χ4n) is 2.98. The molecule has 0 aliphatic rings. The molecule has 0 saturated heterocycles. The maximum atomic E-state index is 13.1. The summed E-state index contributed by atoms with van der Waals surface area (Å²) in [4.78, 5) is 13.1. The highest BCUT2D eigenvalue weighted by Gasteiger charge is 2.39. The van der Waals surface area contributed by atoms with E-state index >= 15 is 0 Å². The fraction of sp³-hybridized carbons (Fsp3) is 0.130. The highest BCUT2D eigenvalue weighted by Crippen LogP contribution is 2.29. The zero-order valence-electron chi connectivity index (χ0n) is 15.5. The molecule has 28 heavy (non-hydrogen) atoms. The van der Waals surface area contributed by atoms with E-state index in [1.165, 1.54) is 0 Å². The first-order valence-corrected chi connectivity index (χ1v) is 9.40. The zero-order chi connectivity index (χ0) is 20.0. The minimum absolute atomic E-state index is 0.471. The third-order valence-electron chi connectivity index (χ3n) is 4.52. The predicted octanol–water partition coefficient (Wildman–Crippen LogP) is 4.51. The van der Waals surface area contributed by atoms with Crippen molar-refractivity contribution in [3.8, 4) is 0 Å². The number of carbonyl (C=O) groups is 1. The molecule has 0 aliphatic carbocycles. The van der Waals surface area contributed by atoms with Gasteiger partial charge in [0.2, 0.25) is 0 Å². The molecule has 0 saturated carbocycles. The maximum absolute atomic E-state index is 13.1. The minimum atomic E-state index is -1.86. The van der Waals surface area contributed by atoms with Gasteiger partial charge in [-0.15, -0.1) is 0 Å². The lowest BCUT2D eigenvalue weighted by atomic mass is 9.85. The molecule has 2 N–H and O–H groups in total. The average molecular weight is 393 g/mol. The summed E-state index contributed by atoms with van der Waals surface area (Å²) in [7, 11) is 0. The summed E-state index contributed by atoms with van der Waals surface area (Å²) in [5.74, 6) is -0.621. The van der Waals surface area contributed by atoms with Gasteiger partial charge in [0.25, 0.3) is 5.91 Å². The molecule has 0 aliphatic heterocycles. The van der Waals surface area contributed by atoms with Gasteiger partial charge in [0.05, 0.1) is 5.71 Å². The van der Waals surface area contributed by atoms with Gasteiger partial charge in [0.1, 0.15) is 0 Å². The summed E-state index contributed by atoms with van der Waals surface area (Å²) >= 11 is 5.94. The van der Waals surface area contributed by atoms with Gasteiger partial charge in [0, 0.05) is 5.02 Å². The molecule has 1 amide bonds. The number of rotatable bonds is 6. The summed E-state index contributed by atoms with van der Waals surface area (Å²) in [5, 5.41) is 16.3. The summed E-state index contributed by atoms with van der Waals surface area (Å²) in [6.45, 7) is 1.94. The Morgan fingerprint density at radius 3 is 1.89 bits per heavy atom. The van der Waals surface area contributed by atoms with Gasteiger partial charge >= 0.3 is 0 Å². The molecule has 3 rings (SSSR count). The first kappa shape index (κ1) is 19.8. The Hall–Kier alpha value is -2.95. The van der Waals surface area contributed by atoms with E-state index < -0.39 is 11.5 Å². The molecule has 0 aromatic heterocycles. The third kappa shape index (κ3) is 4.14. The van der Waals surface area contributed by atoms with Crippen molar-refractivity contribution in [3.05, 3.63) is 107 Å². The molecular weight excluding hydrogens is 372 g/mol. The van der Waals surface area contributed by atoms with Crippen LogP contribution in [0, 0.1) is 0 Å². The van der Waals surface area contributed by atoms with E-state index in [1.807, 2.05) is 31.2 Å². The van der Waals surface area contributed by atoms with Crippen LogP contribution in [-0.4, -0.2) is 16.7 Å². The van der Waals surface area contributed by atoms with Gasteiger partial charge in [-0.25, -0.2) is 5.43 Å². The van der Waals surface area contributed by atoms with Crippen molar-refractivity contribution in [1.29, 1.82) is 0 Å². The van der Waals surface area contributed by atoms with Crippen molar-refractivity contribution >= 4 is 23.2 Å². The highest BCUT2D eigenvalue weighted by atomic mass is 35.5. The van der Waals surface area contributed by atoms with Crippen molar-refractivity contribution in [3.63, 3.8) is 0 Å². The first-order chi connectivity index (χ1) is 13.6. The first-order valence-electron chi connectivity index (χ1n) is 9.02. The van der Waals surface area contributed by atoms with Crippen LogP contribution in [0.25, 0.3) is 0 Å². The number of halogens is 1. The Morgan fingerprint density at radius 2 is 1.43 bits per heavy atom. The second-order valence-electron chi connectivity index (χ2n) is 6.30. The van der Waals surface area contributed by atoms with Crippen LogP contribution in [0.15, 0.2) is 90.0 Å². The van der Waals surface area contributed by atoms with Crippen molar-refractivity contribution < 1.29 is 9.90 Å². The van der Waals surface area contributed by atoms with Gasteiger partial charge in [0.15, 0.2) is 5.60 Å². The van der Waals surface area contributed by atoms with Crippen molar-refractivity contribution in [2.45, 2.75) is 18.9 Å². The third-order valence-corrected chi connectivity index (χ3v) is 4.77. The molecule has 5 heteroatoms. The summed E-state index contributed by atoms with van der Waals surface area (Å²) in [6.07, 6.45) is 0.608. The zero-order valence-corrected chi connectivity index (χ0v) is 16.2. The Kier molecular flexibility index (Phi) is 6.24. The molecule has 0 unspecified atom stereocenters. The van der Waals surface area contributed by atoms with Crippen LogP contribution in [0.1, 0.15) is 30.0 Å². The second-order valence-corrected chi connectivity index (χ2v) is 6.74. The largest absolute Gasteiger partial charge is 0.372 e. The van der Waals surface area contributed by atoms with E-state index in [1.54, 1.807) is 60.7 Å². The van der Waals surface area contributed by atoms with Crippen LogP contribution in [-0.2, 0) is 10.4 Å².